The Morgan fingerprint density at radius 2 is 1.89 bits per heavy atom. The molecule has 6 heteroatoms. The molecule has 0 saturated carbocycles. The molecule has 0 spiro atoms. The van der Waals surface area contributed by atoms with Crippen LogP contribution in [0.15, 0.2) is 54.2 Å². The number of aromatic nitrogens is 2. The largest absolute Gasteiger partial charge is 0.494 e. The quantitative estimate of drug-likeness (QED) is 0.407. The van der Waals surface area contributed by atoms with Crippen molar-refractivity contribution in [1.29, 1.82) is 0 Å². The number of hydrogen-bond acceptors (Lipinski definition) is 6. The van der Waals surface area contributed by atoms with Gasteiger partial charge >= 0.3 is 5.97 Å². The number of rotatable bonds is 9. The molecule has 0 atom stereocenters. The lowest BCUT2D eigenvalue weighted by atomic mass is 10.1. The fourth-order valence-electron chi connectivity index (χ4n) is 2.59. The third-order valence-electron chi connectivity index (χ3n) is 3.91. The molecule has 0 radical (unpaired) electrons. The van der Waals surface area contributed by atoms with E-state index in [1.807, 2.05) is 48.7 Å². The van der Waals surface area contributed by atoms with Crippen molar-refractivity contribution < 1.29 is 14.3 Å². The number of thiazole rings is 1. The van der Waals surface area contributed by atoms with Crippen molar-refractivity contribution in [3.63, 3.8) is 0 Å². The number of benzene rings is 1. The van der Waals surface area contributed by atoms with Crippen molar-refractivity contribution in [2.45, 2.75) is 26.2 Å². The van der Waals surface area contributed by atoms with E-state index in [0.717, 1.165) is 34.9 Å². The van der Waals surface area contributed by atoms with Crippen molar-refractivity contribution in [2.75, 3.05) is 13.2 Å². The number of aryl methyl sites for hydroxylation is 1. The molecular weight excluding hydrogens is 360 g/mol. The van der Waals surface area contributed by atoms with Crippen LogP contribution in [0.4, 0.5) is 0 Å². The minimum Gasteiger partial charge on any atom is -0.494 e. The number of carbonyl (C=O) groups excluding carboxylic acids is 1. The molecule has 0 N–H and O–H groups in total. The van der Waals surface area contributed by atoms with E-state index in [-0.39, 0.29) is 12.4 Å². The van der Waals surface area contributed by atoms with Crippen LogP contribution in [-0.4, -0.2) is 29.2 Å². The molecule has 2 heterocycles. The zero-order chi connectivity index (χ0) is 18.9. The second kappa shape index (κ2) is 9.83. The Bertz CT molecular complexity index is 847. The van der Waals surface area contributed by atoms with Crippen molar-refractivity contribution >= 4 is 17.3 Å². The predicted octanol–water partition coefficient (Wildman–Crippen LogP) is 4.32. The van der Waals surface area contributed by atoms with Gasteiger partial charge in [-0.3, -0.25) is 9.78 Å². The lowest BCUT2D eigenvalue weighted by Crippen LogP contribution is -2.09. The van der Waals surface area contributed by atoms with Crippen molar-refractivity contribution in [3.05, 3.63) is 65.4 Å². The first-order valence-corrected chi connectivity index (χ1v) is 9.84. The van der Waals surface area contributed by atoms with Crippen LogP contribution >= 0.6 is 11.3 Å². The number of nitrogens with zero attached hydrogens (tertiary/aromatic N) is 2. The van der Waals surface area contributed by atoms with Crippen LogP contribution in [0.5, 0.6) is 5.75 Å². The van der Waals surface area contributed by atoms with Gasteiger partial charge in [-0.1, -0.05) is 0 Å². The number of hydrogen-bond donors (Lipinski definition) is 0. The van der Waals surface area contributed by atoms with Crippen LogP contribution in [-0.2, 0) is 22.4 Å². The fourth-order valence-corrected chi connectivity index (χ4v) is 3.42. The lowest BCUT2D eigenvalue weighted by molar-refractivity contribution is -0.142. The predicted molar refractivity (Wildman–Crippen MR) is 106 cm³/mol. The summed E-state index contributed by atoms with van der Waals surface area (Å²) in [5.74, 6) is 0.599. The van der Waals surface area contributed by atoms with Gasteiger partial charge in [0.15, 0.2) is 0 Å². The summed E-state index contributed by atoms with van der Waals surface area (Å²) in [6.07, 6.45) is 5.40. The second-order valence-electron chi connectivity index (χ2n) is 5.96. The van der Waals surface area contributed by atoms with Crippen molar-refractivity contribution in [3.8, 4) is 16.3 Å². The molecule has 0 aliphatic rings. The van der Waals surface area contributed by atoms with E-state index >= 15 is 0 Å². The summed E-state index contributed by atoms with van der Waals surface area (Å²) < 4.78 is 10.8. The maximum atomic E-state index is 12.0. The topological polar surface area (TPSA) is 61.3 Å². The highest BCUT2D eigenvalue weighted by Crippen LogP contribution is 2.26. The Kier molecular flexibility index (Phi) is 6.93. The normalized spacial score (nSPS) is 10.6. The maximum Gasteiger partial charge on any atom is 0.311 e. The summed E-state index contributed by atoms with van der Waals surface area (Å²) in [5.41, 5.74) is 2.95. The Labute approximate surface area is 163 Å². The standard InChI is InChI=1S/C21H22N2O3S/c1-2-25-19-7-5-17(6-8-19)21-23-18(15-27-21)14-20(24)26-13-3-4-16-9-11-22-12-10-16/h5-12,15H,2-4,13-14H2,1H3. The van der Waals surface area contributed by atoms with Gasteiger partial charge in [-0.05, 0) is 61.7 Å². The molecule has 0 fully saturated rings. The third-order valence-corrected chi connectivity index (χ3v) is 4.85. The van der Waals surface area contributed by atoms with E-state index in [4.69, 9.17) is 9.47 Å². The molecule has 140 valence electrons. The van der Waals surface area contributed by atoms with E-state index in [1.54, 1.807) is 12.4 Å². The van der Waals surface area contributed by atoms with E-state index in [9.17, 15) is 4.79 Å². The van der Waals surface area contributed by atoms with Gasteiger partial charge in [-0.15, -0.1) is 11.3 Å². The van der Waals surface area contributed by atoms with Crippen LogP contribution in [0.2, 0.25) is 0 Å². The molecule has 27 heavy (non-hydrogen) atoms. The highest BCUT2D eigenvalue weighted by Gasteiger charge is 2.10. The van der Waals surface area contributed by atoms with Gasteiger partial charge in [0, 0.05) is 23.3 Å². The van der Waals surface area contributed by atoms with Gasteiger partial charge in [0.2, 0.25) is 0 Å². The molecule has 0 aliphatic heterocycles. The molecule has 0 bridgehead atoms. The molecule has 0 saturated heterocycles. The molecule has 3 aromatic rings. The highest BCUT2D eigenvalue weighted by atomic mass is 32.1. The SMILES string of the molecule is CCOc1ccc(-c2nc(CC(=O)OCCCc3ccncc3)cs2)cc1. The molecule has 0 unspecified atom stereocenters. The third kappa shape index (κ3) is 5.89. The summed E-state index contributed by atoms with van der Waals surface area (Å²) in [6.45, 7) is 3.02. The van der Waals surface area contributed by atoms with E-state index in [2.05, 4.69) is 9.97 Å². The molecule has 5 nitrogen and oxygen atoms in total. The fraction of sp³-hybridized carbons (Fsp3) is 0.286. The maximum absolute atomic E-state index is 12.0. The smallest absolute Gasteiger partial charge is 0.311 e. The molecular formula is C21H22N2O3S. The average molecular weight is 382 g/mol. The number of carbonyl (C=O) groups is 1. The van der Waals surface area contributed by atoms with Crippen LogP contribution in [0.3, 0.4) is 0 Å². The minimum atomic E-state index is -0.242. The number of ether oxygens (including phenoxy) is 2. The van der Waals surface area contributed by atoms with E-state index in [0.29, 0.717) is 13.2 Å². The first kappa shape index (κ1) is 19.0. The van der Waals surface area contributed by atoms with Gasteiger partial charge in [0.05, 0.1) is 25.3 Å². The Morgan fingerprint density at radius 1 is 1.11 bits per heavy atom. The minimum absolute atomic E-state index is 0.197. The Balaban J connectivity index is 1.44. The average Bonchev–Trinajstić information content (AvgIpc) is 3.15. The van der Waals surface area contributed by atoms with Gasteiger partial charge < -0.3 is 9.47 Å². The number of esters is 1. The lowest BCUT2D eigenvalue weighted by Gasteiger charge is -2.04. The zero-order valence-electron chi connectivity index (χ0n) is 15.3. The van der Waals surface area contributed by atoms with Gasteiger partial charge in [0.25, 0.3) is 0 Å². The molecule has 0 amide bonds. The van der Waals surface area contributed by atoms with Crippen LogP contribution in [0.25, 0.3) is 10.6 Å². The first-order chi connectivity index (χ1) is 13.2. The highest BCUT2D eigenvalue weighted by molar-refractivity contribution is 7.13. The van der Waals surface area contributed by atoms with E-state index < -0.39 is 0 Å². The second-order valence-corrected chi connectivity index (χ2v) is 6.82. The van der Waals surface area contributed by atoms with Crippen molar-refractivity contribution in [2.24, 2.45) is 0 Å². The number of pyridine rings is 1. The Hall–Kier alpha value is -2.73. The summed E-state index contributed by atoms with van der Waals surface area (Å²) >= 11 is 1.52. The molecule has 2 aromatic heterocycles. The van der Waals surface area contributed by atoms with E-state index in [1.165, 1.54) is 16.9 Å². The van der Waals surface area contributed by atoms with Crippen LogP contribution < -0.4 is 4.74 Å². The van der Waals surface area contributed by atoms with Crippen LogP contribution in [0, 0.1) is 0 Å². The first-order valence-electron chi connectivity index (χ1n) is 8.96. The summed E-state index contributed by atoms with van der Waals surface area (Å²) in [5, 5.41) is 2.79. The molecule has 3 rings (SSSR count). The Morgan fingerprint density at radius 3 is 2.63 bits per heavy atom. The zero-order valence-corrected chi connectivity index (χ0v) is 16.1. The van der Waals surface area contributed by atoms with Crippen LogP contribution in [0.1, 0.15) is 24.6 Å². The summed E-state index contributed by atoms with van der Waals surface area (Å²) in [7, 11) is 0. The van der Waals surface area contributed by atoms with Crippen molar-refractivity contribution in [1.82, 2.24) is 9.97 Å². The monoisotopic (exact) mass is 382 g/mol. The van der Waals surface area contributed by atoms with Gasteiger partial charge in [-0.2, -0.15) is 0 Å². The summed E-state index contributed by atoms with van der Waals surface area (Å²) in [6, 6.07) is 11.8. The van der Waals surface area contributed by atoms with Gasteiger partial charge in [0.1, 0.15) is 10.8 Å². The molecule has 1 aromatic carbocycles. The summed E-state index contributed by atoms with van der Waals surface area (Å²) in [4.78, 5) is 20.5. The van der Waals surface area contributed by atoms with Gasteiger partial charge in [-0.25, -0.2) is 4.98 Å². The molecule has 0 aliphatic carbocycles.